The van der Waals surface area contributed by atoms with Crippen LogP contribution in [-0.4, -0.2) is 17.0 Å². The lowest BCUT2D eigenvalue weighted by atomic mass is 9.83. The Morgan fingerprint density at radius 1 is 1.43 bits per heavy atom. The molecule has 1 aliphatic rings. The van der Waals surface area contributed by atoms with E-state index in [1.807, 2.05) is 0 Å². The van der Waals surface area contributed by atoms with Crippen LogP contribution >= 0.6 is 0 Å². The SMILES string of the molecule is CC(NC(=O)C1(C(N)=NO)CCCC1)c1ccccc1F. The normalized spacial score (nSPS) is 19.2. The zero-order valence-corrected chi connectivity index (χ0v) is 12.0. The fourth-order valence-corrected chi connectivity index (χ4v) is 2.91. The maximum absolute atomic E-state index is 13.7. The summed E-state index contributed by atoms with van der Waals surface area (Å²) in [6.45, 7) is 1.71. The number of hydrogen-bond donors (Lipinski definition) is 3. The minimum atomic E-state index is -0.978. The third kappa shape index (κ3) is 2.84. The van der Waals surface area contributed by atoms with E-state index in [1.165, 1.54) is 6.07 Å². The van der Waals surface area contributed by atoms with Crippen molar-refractivity contribution in [3.05, 3.63) is 35.6 Å². The summed E-state index contributed by atoms with van der Waals surface area (Å²) in [5, 5.41) is 14.7. The minimum absolute atomic E-state index is 0.0711. The molecule has 0 heterocycles. The number of amidine groups is 1. The predicted molar refractivity (Wildman–Crippen MR) is 77.3 cm³/mol. The Balaban J connectivity index is 2.18. The zero-order chi connectivity index (χ0) is 15.5. The molecule has 0 saturated heterocycles. The molecule has 21 heavy (non-hydrogen) atoms. The Bertz CT molecular complexity index is 554. The van der Waals surface area contributed by atoms with Gasteiger partial charge in [0, 0.05) is 5.56 Å². The average Bonchev–Trinajstić information content (AvgIpc) is 2.97. The zero-order valence-electron chi connectivity index (χ0n) is 12.0. The molecule has 0 spiro atoms. The third-order valence-electron chi connectivity index (χ3n) is 4.21. The Hall–Kier alpha value is -2.11. The highest BCUT2D eigenvalue weighted by atomic mass is 19.1. The Morgan fingerprint density at radius 3 is 2.62 bits per heavy atom. The van der Waals surface area contributed by atoms with E-state index in [4.69, 9.17) is 10.9 Å². The predicted octanol–water partition coefficient (Wildman–Crippen LogP) is 2.31. The second-order valence-electron chi connectivity index (χ2n) is 5.49. The van der Waals surface area contributed by atoms with Crippen LogP contribution in [0.1, 0.15) is 44.2 Å². The summed E-state index contributed by atoms with van der Waals surface area (Å²) in [7, 11) is 0. The van der Waals surface area contributed by atoms with Crippen molar-refractivity contribution < 1.29 is 14.4 Å². The molecule has 1 atom stereocenters. The highest BCUT2D eigenvalue weighted by molar-refractivity contribution is 6.07. The molecule has 1 fully saturated rings. The van der Waals surface area contributed by atoms with Gasteiger partial charge in [0.1, 0.15) is 11.2 Å². The van der Waals surface area contributed by atoms with Crippen molar-refractivity contribution in [2.45, 2.75) is 38.6 Å². The average molecular weight is 293 g/mol. The molecule has 6 heteroatoms. The van der Waals surface area contributed by atoms with E-state index in [1.54, 1.807) is 25.1 Å². The first-order valence-corrected chi connectivity index (χ1v) is 7.04. The van der Waals surface area contributed by atoms with Crippen LogP contribution in [0.3, 0.4) is 0 Å². The standard InChI is InChI=1S/C15H20FN3O2/c1-10(11-6-2-3-7-12(11)16)18-14(20)15(13(17)19-21)8-4-5-9-15/h2-3,6-7,10,21H,4-5,8-9H2,1H3,(H2,17,19)(H,18,20). The molecular weight excluding hydrogens is 273 g/mol. The number of hydrogen-bond acceptors (Lipinski definition) is 3. The first-order valence-electron chi connectivity index (χ1n) is 7.04. The van der Waals surface area contributed by atoms with E-state index >= 15 is 0 Å². The van der Waals surface area contributed by atoms with Gasteiger partial charge in [-0.25, -0.2) is 4.39 Å². The highest BCUT2D eigenvalue weighted by Crippen LogP contribution is 2.39. The van der Waals surface area contributed by atoms with Gasteiger partial charge in [-0.3, -0.25) is 4.79 Å². The number of carbonyl (C=O) groups excluding carboxylic acids is 1. The Labute approximate surface area is 123 Å². The second kappa shape index (κ2) is 6.11. The molecule has 2 rings (SSSR count). The van der Waals surface area contributed by atoms with Gasteiger partial charge < -0.3 is 16.3 Å². The highest BCUT2D eigenvalue weighted by Gasteiger charge is 2.45. The van der Waals surface area contributed by atoms with Gasteiger partial charge in [-0.05, 0) is 25.8 Å². The molecule has 1 saturated carbocycles. The Morgan fingerprint density at radius 2 is 2.05 bits per heavy atom. The second-order valence-corrected chi connectivity index (χ2v) is 5.49. The summed E-state index contributed by atoms with van der Waals surface area (Å²) in [4.78, 5) is 12.6. The van der Waals surface area contributed by atoms with E-state index in [0.717, 1.165) is 12.8 Å². The van der Waals surface area contributed by atoms with Crippen molar-refractivity contribution in [1.82, 2.24) is 5.32 Å². The number of nitrogens with zero attached hydrogens (tertiary/aromatic N) is 1. The van der Waals surface area contributed by atoms with Crippen LogP contribution in [0.4, 0.5) is 4.39 Å². The van der Waals surface area contributed by atoms with Crippen LogP contribution in [0.2, 0.25) is 0 Å². The van der Waals surface area contributed by atoms with Gasteiger partial charge >= 0.3 is 0 Å². The van der Waals surface area contributed by atoms with Crippen molar-refractivity contribution in [1.29, 1.82) is 0 Å². The number of carbonyl (C=O) groups is 1. The van der Waals surface area contributed by atoms with Crippen molar-refractivity contribution in [3.63, 3.8) is 0 Å². The lowest BCUT2D eigenvalue weighted by Crippen LogP contribution is -2.48. The van der Waals surface area contributed by atoms with E-state index in [0.29, 0.717) is 18.4 Å². The minimum Gasteiger partial charge on any atom is -0.409 e. The van der Waals surface area contributed by atoms with Crippen molar-refractivity contribution >= 4 is 11.7 Å². The number of halogens is 1. The molecule has 1 aromatic carbocycles. The van der Waals surface area contributed by atoms with Gasteiger partial charge in [0.2, 0.25) is 5.91 Å². The topological polar surface area (TPSA) is 87.7 Å². The van der Waals surface area contributed by atoms with Crippen LogP contribution in [0.15, 0.2) is 29.4 Å². The van der Waals surface area contributed by atoms with Crippen molar-refractivity contribution in [3.8, 4) is 0 Å². The van der Waals surface area contributed by atoms with Crippen LogP contribution in [-0.2, 0) is 4.79 Å². The fourth-order valence-electron chi connectivity index (χ4n) is 2.91. The molecule has 0 bridgehead atoms. The molecule has 114 valence electrons. The molecule has 0 aliphatic heterocycles. The number of nitrogens with one attached hydrogen (secondary N) is 1. The summed E-state index contributed by atoms with van der Waals surface area (Å²) < 4.78 is 13.7. The van der Waals surface area contributed by atoms with Gasteiger partial charge in [-0.2, -0.15) is 0 Å². The van der Waals surface area contributed by atoms with Gasteiger partial charge in [0.25, 0.3) is 0 Å². The monoisotopic (exact) mass is 293 g/mol. The Kier molecular flexibility index (Phi) is 4.45. The summed E-state index contributed by atoms with van der Waals surface area (Å²) >= 11 is 0. The lowest BCUT2D eigenvalue weighted by molar-refractivity contribution is -0.128. The van der Waals surface area contributed by atoms with Crippen LogP contribution in [0, 0.1) is 11.2 Å². The molecule has 1 unspecified atom stereocenters. The van der Waals surface area contributed by atoms with Crippen molar-refractivity contribution in [2.75, 3.05) is 0 Å². The van der Waals surface area contributed by atoms with Gasteiger partial charge in [0.15, 0.2) is 5.84 Å². The summed E-state index contributed by atoms with van der Waals surface area (Å²) in [5.74, 6) is -0.751. The number of oxime groups is 1. The van der Waals surface area contributed by atoms with Crippen LogP contribution < -0.4 is 11.1 Å². The molecule has 1 amide bonds. The van der Waals surface area contributed by atoms with Crippen molar-refractivity contribution in [2.24, 2.45) is 16.3 Å². The summed E-state index contributed by atoms with van der Waals surface area (Å²) in [6, 6.07) is 5.82. The summed E-state index contributed by atoms with van der Waals surface area (Å²) in [6.07, 6.45) is 2.77. The van der Waals surface area contributed by atoms with E-state index in [9.17, 15) is 9.18 Å². The molecule has 4 N–H and O–H groups in total. The largest absolute Gasteiger partial charge is 0.409 e. The quantitative estimate of drug-likeness (QED) is 0.344. The van der Waals surface area contributed by atoms with E-state index < -0.39 is 11.5 Å². The third-order valence-corrected chi connectivity index (χ3v) is 4.21. The molecular formula is C15H20FN3O2. The molecule has 1 aliphatic carbocycles. The van der Waals surface area contributed by atoms with E-state index in [-0.39, 0.29) is 17.6 Å². The number of nitrogens with two attached hydrogens (primary N) is 1. The maximum atomic E-state index is 13.7. The lowest BCUT2D eigenvalue weighted by Gasteiger charge is -2.28. The first kappa shape index (κ1) is 15.3. The molecule has 1 aromatic rings. The van der Waals surface area contributed by atoms with Gasteiger partial charge in [-0.15, -0.1) is 0 Å². The van der Waals surface area contributed by atoms with Crippen LogP contribution in [0.5, 0.6) is 0 Å². The number of rotatable bonds is 4. The number of amides is 1. The molecule has 5 nitrogen and oxygen atoms in total. The smallest absolute Gasteiger partial charge is 0.234 e. The molecule has 0 aromatic heterocycles. The first-order chi connectivity index (χ1) is 10.0. The summed E-state index contributed by atoms with van der Waals surface area (Å²) in [5.41, 5.74) is 5.16. The fraction of sp³-hybridized carbons (Fsp3) is 0.467. The number of benzene rings is 1. The van der Waals surface area contributed by atoms with E-state index in [2.05, 4.69) is 10.5 Å². The van der Waals surface area contributed by atoms with Gasteiger partial charge in [-0.1, -0.05) is 36.2 Å². The van der Waals surface area contributed by atoms with Gasteiger partial charge in [0.05, 0.1) is 6.04 Å². The molecule has 0 radical (unpaired) electrons. The van der Waals surface area contributed by atoms with Crippen LogP contribution in [0.25, 0.3) is 0 Å². The maximum Gasteiger partial charge on any atom is 0.234 e.